The molecule has 2 aromatic rings. The summed E-state index contributed by atoms with van der Waals surface area (Å²) in [7, 11) is 0. The quantitative estimate of drug-likeness (QED) is 0.503. The Bertz CT molecular complexity index is 955. The first-order valence-corrected chi connectivity index (χ1v) is 12.0. The predicted molar refractivity (Wildman–Crippen MR) is 132 cm³/mol. The average molecular weight is 450 g/mol. The number of hydrogen-bond acceptors (Lipinski definition) is 4. The van der Waals surface area contributed by atoms with Gasteiger partial charge in [0.25, 0.3) is 0 Å². The Morgan fingerprint density at radius 3 is 2.70 bits per heavy atom. The number of morpholine rings is 1. The number of fused-ring (bicyclic) bond motifs is 1. The third-order valence-corrected chi connectivity index (χ3v) is 6.15. The van der Waals surface area contributed by atoms with E-state index in [1.807, 2.05) is 18.2 Å². The molecule has 7 heteroatoms. The smallest absolute Gasteiger partial charge is 0.225 e. The molecule has 1 saturated heterocycles. The minimum Gasteiger partial charge on any atom is -0.379 e. The zero-order valence-electron chi connectivity index (χ0n) is 19.6. The molecule has 0 bridgehead atoms. The van der Waals surface area contributed by atoms with Crippen molar-refractivity contribution in [3.63, 3.8) is 0 Å². The molecule has 7 nitrogen and oxygen atoms in total. The molecule has 2 aliphatic rings. The van der Waals surface area contributed by atoms with Crippen LogP contribution in [-0.4, -0.2) is 67.6 Å². The fourth-order valence-electron chi connectivity index (χ4n) is 4.32. The number of hydrogen-bond donors (Lipinski definition) is 2. The van der Waals surface area contributed by atoms with Crippen LogP contribution in [0.15, 0.2) is 53.5 Å². The topological polar surface area (TPSA) is 69.2 Å². The van der Waals surface area contributed by atoms with E-state index in [4.69, 9.17) is 9.73 Å². The van der Waals surface area contributed by atoms with Gasteiger partial charge in [-0.2, -0.15) is 0 Å². The van der Waals surface area contributed by atoms with Gasteiger partial charge in [0.1, 0.15) is 0 Å². The summed E-state index contributed by atoms with van der Waals surface area (Å²) in [5.41, 5.74) is 4.71. The Labute approximate surface area is 196 Å². The van der Waals surface area contributed by atoms with Crippen LogP contribution in [0, 0.1) is 0 Å². The fraction of sp³-hybridized carbons (Fsp3) is 0.462. The maximum absolute atomic E-state index is 12.4. The summed E-state index contributed by atoms with van der Waals surface area (Å²) in [5.74, 6) is 0.981. The third-order valence-electron chi connectivity index (χ3n) is 6.15. The van der Waals surface area contributed by atoms with E-state index >= 15 is 0 Å². The average Bonchev–Trinajstić information content (AvgIpc) is 2.86. The van der Waals surface area contributed by atoms with Gasteiger partial charge in [0, 0.05) is 51.4 Å². The standard InChI is InChI=1S/C26H35N5O2/c1-2-27-26(31-13-10-22-7-3-4-8-23(22)20-31)28-19-21-6-5-9-24(18-21)29-25(32)11-12-30-14-16-33-17-15-30/h3-9,18H,2,10-17,19-20H2,1H3,(H,27,28)(H,29,32). The lowest BCUT2D eigenvalue weighted by molar-refractivity contribution is -0.116. The van der Waals surface area contributed by atoms with E-state index < -0.39 is 0 Å². The van der Waals surface area contributed by atoms with Crippen molar-refractivity contribution in [2.75, 3.05) is 51.3 Å². The van der Waals surface area contributed by atoms with Gasteiger partial charge < -0.3 is 20.3 Å². The van der Waals surface area contributed by atoms with E-state index in [0.29, 0.717) is 13.0 Å². The fourth-order valence-corrected chi connectivity index (χ4v) is 4.32. The SMILES string of the molecule is CCNC(=NCc1cccc(NC(=O)CCN2CCOCC2)c1)N1CCc2ccccc2C1. The number of carbonyl (C=O) groups excluding carboxylic acids is 1. The molecule has 0 aromatic heterocycles. The highest BCUT2D eigenvalue weighted by atomic mass is 16.5. The molecule has 176 valence electrons. The van der Waals surface area contributed by atoms with Crippen molar-refractivity contribution < 1.29 is 9.53 Å². The van der Waals surface area contributed by atoms with Crippen LogP contribution in [-0.2, 0) is 29.0 Å². The number of ether oxygens (including phenoxy) is 1. The van der Waals surface area contributed by atoms with Gasteiger partial charge in [-0.25, -0.2) is 4.99 Å². The number of rotatable bonds is 7. The molecule has 2 heterocycles. The van der Waals surface area contributed by atoms with E-state index in [9.17, 15) is 4.79 Å². The number of anilines is 1. The first kappa shape index (κ1) is 23.3. The molecule has 2 N–H and O–H groups in total. The lowest BCUT2D eigenvalue weighted by atomic mass is 10.0. The first-order chi connectivity index (χ1) is 16.2. The molecule has 0 radical (unpaired) electrons. The van der Waals surface area contributed by atoms with Crippen LogP contribution < -0.4 is 10.6 Å². The second-order valence-electron chi connectivity index (χ2n) is 8.56. The molecule has 0 unspecified atom stereocenters. The minimum absolute atomic E-state index is 0.0439. The van der Waals surface area contributed by atoms with Crippen LogP contribution >= 0.6 is 0 Å². The number of carbonyl (C=O) groups is 1. The zero-order valence-corrected chi connectivity index (χ0v) is 19.6. The predicted octanol–water partition coefficient (Wildman–Crippen LogP) is 2.87. The number of guanidine groups is 1. The molecule has 33 heavy (non-hydrogen) atoms. The number of aliphatic imine (C=N–C) groups is 1. The van der Waals surface area contributed by atoms with Gasteiger partial charge in [-0.3, -0.25) is 9.69 Å². The Kier molecular flexibility index (Phi) is 8.33. The number of amides is 1. The van der Waals surface area contributed by atoms with Gasteiger partial charge in [-0.15, -0.1) is 0 Å². The van der Waals surface area contributed by atoms with Gasteiger partial charge in [0.15, 0.2) is 5.96 Å². The molecule has 4 rings (SSSR count). The zero-order chi connectivity index (χ0) is 22.9. The van der Waals surface area contributed by atoms with Crippen LogP contribution in [0.4, 0.5) is 5.69 Å². The highest BCUT2D eigenvalue weighted by Gasteiger charge is 2.18. The lowest BCUT2D eigenvalue weighted by Crippen LogP contribution is -2.44. The molecule has 0 spiro atoms. The van der Waals surface area contributed by atoms with E-state index in [2.05, 4.69) is 57.7 Å². The van der Waals surface area contributed by atoms with Gasteiger partial charge in [0.2, 0.25) is 5.91 Å². The summed E-state index contributed by atoms with van der Waals surface area (Å²) in [4.78, 5) is 21.9. The monoisotopic (exact) mass is 449 g/mol. The third kappa shape index (κ3) is 6.79. The van der Waals surface area contributed by atoms with E-state index in [0.717, 1.165) is 76.1 Å². The molecule has 1 fully saturated rings. The Hall–Kier alpha value is -2.90. The molecular formula is C26H35N5O2. The number of nitrogens with one attached hydrogen (secondary N) is 2. The van der Waals surface area contributed by atoms with Crippen LogP contribution in [0.5, 0.6) is 0 Å². The van der Waals surface area contributed by atoms with Crippen molar-refractivity contribution in [3.05, 3.63) is 65.2 Å². The van der Waals surface area contributed by atoms with Crippen molar-refractivity contribution in [1.82, 2.24) is 15.1 Å². The van der Waals surface area contributed by atoms with Crippen LogP contribution in [0.3, 0.4) is 0 Å². The molecule has 0 aliphatic carbocycles. The van der Waals surface area contributed by atoms with Crippen molar-refractivity contribution in [1.29, 1.82) is 0 Å². The van der Waals surface area contributed by atoms with Crippen molar-refractivity contribution in [2.24, 2.45) is 4.99 Å². The molecule has 0 atom stereocenters. The summed E-state index contributed by atoms with van der Waals surface area (Å²) in [6.45, 7) is 9.41. The summed E-state index contributed by atoms with van der Waals surface area (Å²) in [6, 6.07) is 16.6. The molecule has 2 aliphatic heterocycles. The highest BCUT2D eigenvalue weighted by Crippen LogP contribution is 2.19. The maximum Gasteiger partial charge on any atom is 0.225 e. The van der Waals surface area contributed by atoms with E-state index in [-0.39, 0.29) is 5.91 Å². The van der Waals surface area contributed by atoms with Gasteiger partial charge in [-0.1, -0.05) is 36.4 Å². The van der Waals surface area contributed by atoms with Crippen molar-refractivity contribution in [2.45, 2.75) is 32.9 Å². The lowest BCUT2D eigenvalue weighted by Gasteiger charge is -2.31. The van der Waals surface area contributed by atoms with Crippen molar-refractivity contribution >= 4 is 17.6 Å². The first-order valence-electron chi connectivity index (χ1n) is 12.0. The minimum atomic E-state index is 0.0439. The van der Waals surface area contributed by atoms with Gasteiger partial charge >= 0.3 is 0 Å². The second-order valence-corrected chi connectivity index (χ2v) is 8.56. The number of nitrogens with zero attached hydrogens (tertiary/aromatic N) is 3. The van der Waals surface area contributed by atoms with Crippen molar-refractivity contribution in [3.8, 4) is 0 Å². The van der Waals surface area contributed by atoms with E-state index in [1.54, 1.807) is 0 Å². The largest absolute Gasteiger partial charge is 0.379 e. The second kappa shape index (κ2) is 11.8. The summed E-state index contributed by atoms with van der Waals surface area (Å²) >= 11 is 0. The van der Waals surface area contributed by atoms with Gasteiger partial charge in [0.05, 0.1) is 19.8 Å². The molecule has 2 aromatic carbocycles. The Morgan fingerprint density at radius 2 is 1.88 bits per heavy atom. The van der Waals surface area contributed by atoms with E-state index in [1.165, 1.54) is 11.1 Å². The Morgan fingerprint density at radius 1 is 1.06 bits per heavy atom. The summed E-state index contributed by atoms with van der Waals surface area (Å²) in [5, 5.41) is 6.48. The molecule has 1 amide bonds. The van der Waals surface area contributed by atoms with Crippen LogP contribution in [0.25, 0.3) is 0 Å². The van der Waals surface area contributed by atoms with Crippen LogP contribution in [0.1, 0.15) is 30.0 Å². The van der Waals surface area contributed by atoms with Crippen LogP contribution in [0.2, 0.25) is 0 Å². The highest BCUT2D eigenvalue weighted by molar-refractivity contribution is 5.90. The van der Waals surface area contributed by atoms with Gasteiger partial charge in [-0.05, 0) is 42.2 Å². The summed E-state index contributed by atoms with van der Waals surface area (Å²) < 4.78 is 5.36. The molecular weight excluding hydrogens is 414 g/mol. The number of benzene rings is 2. The molecule has 0 saturated carbocycles. The maximum atomic E-state index is 12.4. The Balaban J connectivity index is 1.33. The normalized spacial score (nSPS) is 16.9. The summed E-state index contributed by atoms with van der Waals surface area (Å²) in [6.07, 6.45) is 1.52.